The summed E-state index contributed by atoms with van der Waals surface area (Å²) in [7, 11) is 6.67. The zero-order chi connectivity index (χ0) is 25.5. The summed E-state index contributed by atoms with van der Waals surface area (Å²) in [6.45, 7) is 4.81. The van der Waals surface area contributed by atoms with Gasteiger partial charge in [0.1, 0.15) is 17.5 Å². The fourth-order valence-corrected chi connectivity index (χ4v) is 4.84. The highest BCUT2D eigenvalue weighted by Gasteiger charge is 2.29. The molecule has 192 valence electrons. The second-order valence-corrected chi connectivity index (χ2v) is 10.0. The summed E-state index contributed by atoms with van der Waals surface area (Å²) >= 11 is 0. The quantitative estimate of drug-likeness (QED) is 0.541. The van der Waals surface area contributed by atoms with Crippen molar-refractivity contribution in [2.75, 3.05) is 28.3 Å². The summed E-state index contributed by atoms with van der Waals surface area (Å²) in [4.78, 5) is 27.9. The Balaban J connectivity index is 1.94. The summed E-state index contributed by atoms with van der Waals surface area (Å²) < 4.78 is 13.0. The number of aromatic nitrogens is 2. The predicted molar refractivity (Wildman–Crippen MR) is 137 cm³/mol. The minimum absolute atomic E-state index is 0.0860. The molecule has 1 aliphatic rings. The van der Waals surface area contributed by atoms with E-state index in [1.807, 2.05) is 22.9 Å². The van der Waals surface area contributed by atoms with Crippen LogP contribution < -0.4 is 14.8 Å². The van der Waals surface area contributed by atoms with Gasteiger partial charge in [0.15, 0.2) is 5.69 Å². The number of ether oxygens (including phenoxy) is 2. The summed E-state index contributed by atoms with van der Waals surface area (Å²) in [6, 6.07) is 6.77. The third kappa shape index (κ3) is 6.55. The van der Waals surface area contributed by atoms with E-state index in [4.69, 9.17) is 9.47 Å². The van der Waals surface area contributed by atoms with Crippen molar-refractivity contribution in [2.24, 2.45) is 11.8 Å². The van der Waals surface area contributed by atoms with Gasteiger partial charge in [0.05, 0.1) is 25.5 Å². The van der Waals surface area contributed by atoms with Crippen LogP contribution in [0.1, 0.15) is 62.9 Å². The van der Waals surface area contributed by atoms with Gasteiger partial charge in [-0.15, -0.1) is 0 Å². The van der Waals surface area contributed by atoms with Crippen LogP contribution in [-0.2, 0) is 11.3 Å². The minimum Gasteiger partial charge on any atom is -0.496 e. The Labute approximate surface area is 209 Å². The molecule has 0 bridgehead atoms. The lowest BCUT2D eigenvalue weighted by atomic mass is 9.84. The number of carbonyl (C=O) groups excluding carboxylic acids is 2. The lowest BCUT2D eigenvalue weighted by Gasteiger charge is -2.28. The van der Waals surface area contributed by atoms with Crippen LogP contribution in [0, 0.1) is 11.8 Å². The maximum Gasteiger partial charge on any atom is 0.272 e. The summed E-state index contributed by atoms with van der Waals surface area (Å²) in [6.07, 6.45) is 6.48. The molecule has 8 nitrogen and oxygen atoms in total. The Kier molecular flexibility index (Phi) is 9.18. The molecule has 1 aromatic carbocycles. The Morgan fingerprint density at radius 1 is 1.11 bits per heavy atom. The van der Waals surface area contributed by atoms with Gasteiger partial charge in [-0.1, -0.05) is 52.0 Å². The predicted octanol–water partition coefficient (Wildman–Crippen LogP) is 4.38. The fourth-order valence-electron chi connectivity index (χ4n) is 4.84. The Hall–Kier alpha value is -3.03. The number of nitrogens with zero attached hydrogens (tertiary/aromatic N) is 3. The number of methoxy groups -OCH3 is 2. The number of nitrogens with one attached hydrogen (secondary N) is 1. The van der Waals surface area contributed by atoms with Crippen molar-refractivity contribution in [1.29, 1.82) is 0 Å². The molecule has 0 aliphatic heterocycles. The fraction of sp³-hybridized carbons (Fsp3) is 0.593. The van der Waals surface area contributed by atoms with E-state index >= 15 is 0 Å². The van der Waals surface area contributed by atoms with Crippen LogP contribution >= 0.6 is 0 Å². The van der Waals surface area contributed by atoms with Gasteiger partial charge in [-0.3, -0.25) is 14.3 Å². The first-order valence-electron chi connectivity index (χ1n) is 12.6. The molecule has 3 rings (SSSR count). The second kappa shape index (κ2) is 12.1. The molecule has 8 heteroatoms. The van der Waals surface area contributed by atoms with E-state index < -0.39 is 6.04 Å². The van der Waals surface area contributed by atoms with E-state index in [0.717, 1.165) is 24.1 Å². The zero-order valence-corrected chi connectivity index (χ0v) is 22.0. The maximum absolute atomic E-state index is 13.4. The van der Waals surface area contributed by atoms with Crippen molar-refractivity contribution in [3.63, 3.8) is 0 Å². The number of carbonyl (C=O) groups is 2. The van der Waals surface area contributed by atoms with Gasteiger partial charge in [-0.2, -0.15) is 5.10 Å². The molecule has 2 amide bonds. The summed E-state index contributed by atoms with van der Waals surface area (Å²) in [5.41, 5.74) is 1.75. The van der Waals surface area contributed by atoms with Crippen molar-refractivity contribution in [1.82, 2.24) is 20.0 Å². The lowest BCUT2D eigenvalue weighted by molar-refractivity contribution is -0.131. The summed E-state index contributed by atoms with van der Waals surface area (Å²) in [5.74, 6) is 1.60. The van der Waals surface area contributed by atoms with Gasteiger partial charge < -0.3 is 19.7 Å². The van der Waals surface area contributed by atoms with E-state index in [0.29, 0.717) is 36.3 Å². The Bertz CT molecular complexity index is 986. The molecule has 0 saturated heterocycles. The molecular formula is C27H40N4O4. The van der Waals surface area contributed by atoms with E-state index in [2.05, 4.69) is 24.3 Å². The lowest BCUT2D eigenvalue weighted by Crippen LogP contribution is -2.47. The minimum atomic E-state index is -0.569. The third-order valence-corrected chi connectivity index (χ3v) is 6.57. The van der Waals surface area contributed by atoms with Gasteiger partial charge in [-0.05, 0) is 36.5 Å². The number of hydrogen-bond donors (Lipinski definition) is 1. The van der Waals surface area contributed by atoms with Crippen LogP contribution in [0.5, 0.6) is 11.5 Å². The van der Waals surface area contributed by atoms with Gasteiger partial charge >= 0.3 is 0 Å². The van der Waals surface area contributed by atoms with Crippen LogP contribution in [-0.4, -0.2) is 60.9 Å². The standard InChI is InChI=1S/C27H40N4O4/c1-18(2)17-31-22(25-23(34-5)13-10-14-24(25)35-6)16-20(29-31)26(32)28-21(27(33)30(3)4)15-19-11-8-7-9-12-19/h10,13-14,16,18-19,21H,7-9,11-12,15,17H2,1-6H3,(H,28,32)/t21-/m0/s1. The van der Waals surface area contributed by atoms with Gasteiger partial charge in [0.2, 0.25) is 5.91 Å². The first kappa shape index (κ1) is 26.6. The Morgan fingerprint density at radius 3 is 2.29 bits per heavy atom. The molecule has 0 unspecified atom stereocenters. The SMILES string of the molecule is COc1cccc(OC)c1-c1cc(C(=O)N[C@@H](CC2CCCCC2)C(=O)N(C)C)nn1CC(C)C. The van der Waals surface area contributed by atoms with Crippen molar-refractivity contribution in [3.05, 3.63) is 30.0 Å². The highest BCUT2D eigenvalue weighted by molar-refractivity contribution is 5.97. The molecule has 0 spiro atoms. The zero-order valence-electron chi connectivity index (χ0n) is 22.0. The number of rotatable bonds is 10. The van der Waals surface area contributed by atoms with E-state index in [1.54, 1.807) is 39.3 Å². The van der Waals surface area contributed by atoms with Crippen LogP contribution in [0.25, 0.3) is 11.3 Å². The Morgan fingerprint density at radius 2 is 1.74 bits per heavy atom. The normalized spacial score (nSPS) is 15.1. The monoisotopic (exact) mass is 484 g/mol. The average molecular weight is 485 g/mol. The summed E-state index contributed by atoms with van der Waals surface area (Å²) in [5, 5.41) is 7.65. The number of hydrogen-bond acceptors (Lipinski definition) is 5. The van der Waals surface area contributed by atoms with Gasteiger partial charge in [-0.25, -0.2) is 0 Å². The highest BCUT2D eigenvalue weighted by Crippen LogP contribution is 2.39. The topological polar surface area (TPSA) is 85.7 Å². The molecule has 0 radical (unpaired) electrons. The number of amides is 2. The van der Waals surface area contributed by atoms with Crippen LogP contribution in [0.2, 0.25) is 0 Å². The first-order chi connectivity index (χ1) is 16.7. The average Bonchev–Trinajstić information content (AvgIpc) is 3.25. The molecule has 35 heavy (non-hydrogen) atoms. The van der Waals surface area contributed by atoms with Crippen LogP contribution in [0.4, 0.5) is 0 Å². The molecule has 1 saturated carbocycles. The van der Waals surface area contributed by atoms with Crippen molar-refractivity contribution >= 4 is 11.8 Å². The molecule has 2 aromatic rings. The molecule has 1 aliphatic carbocycles. The van der Waals surface area contributed by atoms with Crippen LogP contribution in [0.15, 0.2) is 24.3 Å². The first-order valence-corrected chi connectivity index (χ1v) is 12.6. The molecule has 1 atom stereocenters. The molecule has 1 heterocycles. The smallest absolute Gasteiger partial charge is 0.272 e. The second-order valence-electron chi connectivity index (χ2n) is 10.0. The van der Waals surface area contributed by atoms with Gasteiger partial charge in [0, 0.05) is 20.6 Å². The number of likely N-dealkylation sites (N-methyl/N-ethyl adjacent to an activating group) is 1. The molecule has 1 fully saturated rings. The van der Waals surface area contributed by atoms with E-state index in [1.165, 1.54) is 19.3 Å². The van der Waals surface area contributed by atoms with Crippen molar-refractivity contribution in [2.45, 2.75) is 65.0 Å². The molecular weight excluding hydrogens is 444 g/mol. The van der Waals surface area contributed by atoms with E-state index in [-0.39, 0.29) is 17.5 Å². The third-order valence-electron chi connectivity index (χ3n) is 6.57. The number of benzene rings is 1. The van der Waals surface area contributed by atoms with Gasteiger partial charge in [0.25, 0.3) is 5.91 Å². The largest absolute Gasteiger partial charge is 0.496 e. The molecule has 1 N–H and O–H groups in total. The molecule has 1 aromatic heterocycles. The maximum atomic E-state index is 13.4. The van der Waals surface area contributed by atoms with Crippen molar-refractivity contribution < 1.29 is 19.1 Å². The van der Waals surface area contributed by atoms with Crippen molar-refractivity contribution in [3.8, 4) is 22.8 Å². The highest BCUT2D eigenvalue weighted by atomic mass is 16.5. The van der Waals surface area contributed by atoms with E-state index in [9.17, 15) is 9.59 Å². The van der Waals surface area contributed by atoms with Crippen LogP contribution in [0.3, 0.4) is 0 Å².